The molecule has 0 aliphatic rings. The number of carbonyl (C=O) groups excluding carboxylic acids is 2. The number of hydrogen-bond acceptors (Lipinski definition) is 4. The molecule has 0 heterocycles. The van der Waals surface area contributed by atoms with Gasteiger partial charge in [-0.3, -0.25) is 9.59 Å². The number of ether oxygens (including phenoxy) is 2. The topological polar surface area (TPSA) is 64.6 Å². The summed E-state index contributed by atoms with van der Waals surface area (Å²) in [5.41, 5.74) is 2.25. The molecule has 0 aromatic heterocycles. The molecule has 5 heteroatoms. The van der Waals surface area contributed by atoms with E-state index in [1.54, 1.807) is 25.3 Å². The predicted octanol–water partition coefficient (Wildman–Crippen LogP) is 3.72. The van der Waals surface area contributed by atoms with Crippen molar-refractivity contribution in [3.63, 3.8) is 0 Å². The number of benzene rings is 2. The van der Waals surface area contributed by atoms with Gasteiger partial charge >= 0.3 is 0 Å². The van der Waals surface area contributed by atoms with Crippen molar-refractivity contribution in [2.75, 3.05) is 13.7 Å². The molecule has 0 fully saturated rings. The number of carbonyl (C=O) groups is 2. The van der Waals surface area contributed by atoms with Crippen LogP contribution in [0.3, 0.4) is 0 Å². The highest BCUT2D eigenvalue weighted by molar-refractivity contribution is 5.94. The summed E-state index contributed by atoms with van der Waals surface area (Å²) in [5, 5.41) is 2.98. The van der Waals surface area contributed by atoms with Crippen LogP contribution in [0.2, 0.25) is 0 Å². The Morgan fingerprint density at radius 2 is 1.81 bits per heavy atom. The molecule has 0 spiro atoms. The summed E-state index contributed by atoms with van der Waals surface area (Å²) in [4.78, 5) is 24.0. The van der Waals surface area contributed by atoms with E-state index in [0.29, 0.717) is 23.5 Å². The Hall–Kier alpha value is -2.82. The van der Waals surface area contributed by atoms with Crippen molar-refractivity contribution in [2.45, 2.75) is 33.2 Å². The van der Waals surface area contributed by atoms with Crippen molar-refractivity contribution in [1.82, 2.24) is 5.32 Å². The van der Waals surface area contributed by atoms with Crippen LogP contribution in [0.25, 0.3) is 0 Å². The van der Waals surface area contributed by atoms with E-state index in [9.17, 15) is 9.59 Å². The lowest BCUT2D eigenvalue weighted by atomic mass is 10.0. The fourth-order valence-corrected chi connectivity index (χ4v) is 2.70. The van der Waals surface area contributed by atoms with Crippen LogP contribution in [0.15, 0.2) is 42.5 Å². The molecule has 2 aromatic rings. The highest BCUT2D eigenvalue weighted by Gasteiger charge is 2.14. The van der Waals surface area contributed by atoms with Crippen LogP contribution in [0.5, 0.6) is 11.5 Å². The van der Waals surface area contributed by atoms with Gasteiger partial charge in [-0.25, -0.2) is 0 Å². The molecule has 1 amide bonds. The summed E-state index contributed by atoms with van der Waals surface area (Å²) >= 11 is 0. The van der Waals surface area contributed by atoms with E-state index in [4.69, 9.17) is 9.47 Å². The van der Waals surface area contributed by atoms with Gasteiger partial charge in [0.25, 0.3) is 0 Å². The number of Topliss-reactive ketones (excluding diaryl/α,β-unsaturated/α-hetero) is 1. The van der Waals surface area contributed by atoms with Gasteiger partial charge in [0.15, 0.2) is 5.78 Å². The summed E-state index contributed by atoms with van der Waals surface area (Å²) < 4.78 is 10.7. The van der Waals surface area contributed by atoms with Gasteiger partial charge in [-0.1, -0.05) is 12.1 Å². The molecule has 138 valence electrons. The summed E-state index contributed by atoms with van der Waals surface area (Å²) in [6, 6.07) is 12.6. The molecule has 0 aliphatic heterocycles. The maximum Gasteiger partial charge on any atom is 0.225 e. The van der Waals surface area contributed by atoms with Gasteiger partial charge in [-0.2, -0.15) is 0 Å². The van der Waals surface area contributed by atoms with E-state index in [2.05, 4.69) is 5.32 Å². The molecule has 2 aromatic carbocycles. The smallest absolute Gasteiger partial charge is 0.225 e. The van der Waals surface area contributed by atoms with Crippen LogP contribution in [-0.4, -0.2) is 25.4 Å². The molecule has 26 heavy (non-hydrogen) atoms. The van der Waals surface area contributed by atoms with E-state index in [1.165, 1.54) is 6.92 Å². The predicted molar refractivity (Wildman–Crippen MR) is 101 cm³/mol. The van der Waals surface area contributed by atoms with Gasteiger partial charge < -0.3 is 14.8 Å². The average molecular weight is 355 g/mol. The summed E-state index contributed by atoms with van der Waals surface area (Å²) in [6.45, 7) is 5.98. The van der Waals surface area contributed by atoms with Crippen LogP contribution in [0, 0.1) is 0 Å². The van der Waals surface area contributed by atoms with Gasteiger partial charge in [0.05, 0.1) is 26.2 Å². The van der Waals surface area contributed by atoms with Gasteiger partial charge in [-0.05, 0) is 56.7 Å². The van der Waals surface area contributed by atoms with E-state index in [0.717, 1.165) is 11.3 Å². The van der Waals surface area contributed by atoms with E-state index < -0.39 is 0 Å². The standard InChI is InChI=1S/C21H25NO4/c1-5-26-19-9-6-16(7-10-19)14(2)22-21(24)13-18-12-17(15(3)23)8-11-20(18)25-4/h6-12,14H,5,13H2,1-4H3,(H,22,24). The first-order valence-corrected chi connectivity index (χ1v) is 8.64. The highest BCUT2D eigenvalue weighted by atomic mass is 16.5. The zero-order valence-electron chi connectivity index (χ0n) is 15.7. The molecule has 0 aliphatic carbocycles. The molecular formula is C21H25NO4. The lowest BCUT2D eigenvalue weighted by Gasteiger charge is -2.16. The molecule has 0 radical (unpaired) electrons. The normalized spacial score (nSPS) is 11.5. The minimum atomic E-state index is -0.139. The minimum Gasteiger partial charge on any atom is -0.496 e. The van der Waals surface area contributed by atoms with Gasteiger partial charge in [0.2, 0.25) is 5.91 Å². The molecule has 1 N–H and O–H groups in total. The maximum absolute atomic E-state index is 12.4. The second-order valence-electron chi connectivity index (χ2n) is 6.05. The van der Waals surface area contributed by atoms with Crippen LogP contribution >= 0.6 is 0 Å². The Morgan fingerprint density at radius 3 is 2.38 bits per heavy atom. The van der Waals surface area contributed by atoms with Gasteiger partial charge in [0.1, 0.15) is 11.5 Å². The maximum atomic E-state index is 12.4. The number of ketones is 1. The van der Waals surface area contributed by atoms with Crippen molar-refractivity contribution in [1.29, 1.82) is 0 Å². The zero-order valence-corrected chi connectivity index (χ0v) is 15.7. The van der Waals surface area contributed by atoms with E-state index in [-0.39, 0.29) is 24.2 Å². The first-order chi connectivity index (χ1) is 12.4. The monoisotopic (exact) mass is 355 g/mol. The summed E-state index contributed by atoms with van der Waals surface area (Å²) in [6.07, 6.45) is 0.145. The van der Waals surface area contributed by atoms with Gasteiger partial charge in [0, 0.05) is 11.1 Å². The quantitative estimate of drug-likeness (QED) is 0.733. The molecule has 5 nitrogen and oxygen atoms in total. The third kappa shape index (κ3) is 5.09. The SMILES string of the molecule is CCOc1ccc(C(C)NC(=O)Cc2cc(C(C)=O)ccc2OC)cc1. The lowest BCUT2D eigenvalue weighted by molar-refractivity contribution is -0.121. The third-order valence-electron chi connectivity index (χ3n) is 4.11. The van der Waals surface area contributed by atoms with Crippen molar-refractivity contribution in [3.8, 4) is 11.5 Å². The zero-order chi connectivity index (χ0) is 19.1. The molecule has 0 bridgehead atoms. The van der Waals surface area contributed by atoms with Crippen molar-refractivity contribution >= 4 is 11.7 Å². The van der Waals surface area contributed by atoms with Gasteiger partial charge in [-0.15, -0.1) is 0 Å². The Labute approximate surface area is 154 Å². The summed E-state index contributed by atoms with van der Waals surface area (Å²) in [5.74, 6) is 1.22. The Balaban J connectivity index is 2.05. The first-order valence-electron chi connectivity index (χ1n) is 8.64. The molecule has 2 rings (SSSR count). The van der Waals surface area contributed by atoms with Crippen molar-refractivity contribution < 1.29 is 19.1 Å². The number of methoxy groups -OCH3 is 1. The van der Waals surface area contributed by atoms with Crippen molar-refractivity contribution in [2.24, 2.45) is 0 Å². The Morgan fingerprint density at radius 1 is 1.12 bits per heavy atom. The number of amides is 1. The van der Waals surface area contributed by atoms with Crippen LogP contribution in [0.1, 0.15) is 48.3 Å². The Bertz CT molecular complexity index is 768. The van der Waals surface area contributed by atoms with E-state index >= 15 is 0 Å². The minimum absolute atomic E-state index is 0.0444. The Kier molecular flexibility index (Phi) is 6.78. The van der Waals surface area contributed by atoms with Crippen LogP contribution in [-0.2, 0) is 11.2 Å². The lowest BCUT2D eigenvalue weighted by Crippen LogP contribution is -2.28. The largest absolute Gasteiger partial charge is 0.496 e. The second kappa shape index (κ2) is 9.04. The molecule has 1 atom stereocenters. The highest BCUT2D eigenvalue weighted by Crippen LogP contribution is 2.22. The average Bonchev–Trinajstić information content (AvgIpc) is 2.62. The number of rotatable bonds is 8. The number of nitrogens with one attached hydrogen (secondary N) is 1. The molecule has 0 saturated heterocycles. The first kappa shape index (κ1) is 19.5. The second-order valence-corrected chi connectivity index (χ2v) is 6.05. The van der Waals surface area contributed by atoms with Crippen molar-refractivity contribution in [3.05, 3.63) is 59.2 Å². The summed E-state index contributed by atoms with van der Waals surface area (Å²) in [7, 11) is 1.55. The fourth-order valence-electron chi connectivity index (χ4n) is 2.70. The third-order valence-corrected chi connectivity index (χ3v) is 4.11. The number of hydrogen-bond donors (Lipinski definition) is 1. The van der Waals surface area contributed by atoms with Crippen LogP contribution in [0.4, 0.5) is 0 Å². The van der Waals surface area contributed by atoms with Crippen LogP contribution < -0.4 is 14.8 Å². The molecule has 0 saturated carbocycles. The van der Waals surface area contributed by atoms with E-state index in [1.807, 2.05) is 38.1 Å². The molecule has 1 unspecified atom stereocenters. The molecular weight excluding hydrogens is 330 g/mol. The fraction of sp³-hybridized carbons (Fsp3) is 0.333.